The molecule has 266 valence electrons. The summed E-state index contributed by atoms with van der Waals surface area (Å²) < 4.78 is 0. The summed E-state index contributed by atoms with van der Waals surface area (Å²) in [6, 6.07) is 10.6. The topological polar surface area (TPSA) is 561 Å². The minimum atomic E-state index is -1.52. The van der Waals surface area contributed by atoms with Crippen LogP contribution in [0.25, 0.3) is 0 Å². The second-order valence-electron chi connectivity index (χ2n) is 6.95. The number of carboxylic acids is 6. The van der Waals surface area contributed by atoms with Crippen molar-refractivity contribution in [2.24, 2.45) is 22.9 Å². The third-order valence-corrected chi connectivity index (χ3v) is 3.50. The van der Waals surface area contributed by atoms with Crippen LogP contribution in [0, 0.1) is 0 Å². The largest absolute Gasteiger partial charge is 4.00 e. The van der Waals surface area contributed by atoms with Crippen LogP contribution in [0.5, 0.6) is 0 Å². The Labute approximate surface area is 292 Å². The Morgan fingerprint density at radius 1 is 0.408 bits per heavy atom. The third-order valence-electron chi connectivity index (χ3n) is 3.50. The van der Waals surface area contributed by atoms with Crippen LogP contribution in [0.2, 0.25) is 0 Å². The number of hydrogen-bond acceptors (Lipinski definition) is 15. The molecule has 3 heterocycles. The van der Waals surface area contributed by atoms with E-state index in [2.05, 4.69) is 48.7 Å². The minimum absolute atomic E-state index is 0. The smallest absolute Gasteiger partial charge is 0.543 e. The normalized spacial score (nSPS) is 7.84. The molecule has 0 atom stereocenters. The van der Waals surface area contributed by atoms with Crippen molar-refractivity contribution in [2.75, 3.05) is 0 Å². The van der Waals surface area contributed by atoms with Crippen molar-refractivity contribution in [3.8, 4) is 0 Å². The number of nitrogens with zero attached hydrogens (tertiary/aromatic N) is 3. The van der Waals surface area contributed by atoms with Gasteiger partial charge in [-0.2, -0.15) is 0 Å². The van der Waals surface area contributed by atoms with Crippen LogP contribution in [0.4, 0.5) is 0 Å². The van der Waals surface area contributed by atoms with E-state index in [0.29, 0.717) is 0 Å². The molecule has 20 N–H and O–H groups in total. The summed E-state index contributed by atoms with van der Waals surface area (Å²) >= 11 is 0. The molecule has 3 aromatic rings. The molecule has 0 radical (unpaired) electrons. The molecule has 26 heteroatoms. The molecular weight excluding hydrogens is 750 g/mol. The van der Waals surface area contributed by atoms with E-state index in [1.54, 1.807) is 0 Å². The zero-order valence-electron chi connectivity index (χ0n) is 24.4. The van der Waals surface area contributed by atoms with Crippen LogP contribution < -0.4 is 64.4 Å². The van der Waals surface area contributed by atoms with Crippen molar-refractivity contribution in [1.82, 2.24) is 15.0 Å². The summed E-state index contributed by atoms with van der Waals surface area (Å²) in [7, 11) is 0. The first-order valence-electron chi connectivity index (χ1n) is 10.8. The number of carbonyl (C=O) groups is 6. The van der Waals surface area contributed by atoms with E-state index in [1.165, 1.54) is 18.2 Å². The molecule has 3 rings (SSSR count). The van der Waals surface area contributed by atoms with Gasteiger partial charge in [0.1, 0.15) is 0 Å². The number of carbonyl (C=O) groups excluding carboxylic acids is 6. The Bertz CT molecular complexity index is 1280. The van der Waals surface area contributed by atoms with Crippen molar-refractivity contribution in [2.45, 2.75) is 0 Å². The summed E-state index contributed by atoms with van der Waals surface area (Å²) in [5.41, 5.74) is 15.8. The summed E-state index contributed by atoms with van der Waals surface area (Å²) in [5.74, 6) is -9.26. The Morgan fingerprint density at radius 3 is 0.592 bits per heavy atom. The number of aromatic carboxylic acids is 6. The molecule has 0 saturated heterocycles. The number of hydrogen-bond donors (Lipinski definition) is 6. The first kappa shape index (κ1) is 58.1. The van der Waals surface area contributed by atoms with Gasteiger partial charge in [-0.25, -0.2) is 15.0 Å². The monoisotopic (exact) mass is 777 g/mol. The van der Waals surface area contributed by atoms with Crippen LogP contribution in [-0.4, -0.2) is 84.6 Å². The maximum absolute atomic E-state index is 10.2. The van der Waals surface area contributed by atoms with Crippen LogP contribution in [0.3, 0.4) is 0 Å². The summed E-state index contributed by atoms with van der Waals surface area (Å²) in [5, 5.41) is 70.3. The average molecular weight is 779 g/mol. The molecule has 0 aliphatic carbocycles. The molecule has 3 aromatic heterocycles. The molecule has 0 spiro atoms. The zero-order valence-corrected chi connectivity index (χ0v) is 26.9. The molecule has 49 heavy (non-hydrogen) atoms. The summed E-state index contributed by atoms with van der Waals surface area (Å²) in [6.07, 6.45) is 0. The van der Waals surface area contributed by atoms with E-state index in [0.717, 1.165) is 36.4 Å². The van der Waals surface area contributed by atoms with Gasteiger partial charge in [-0.1, -0.05) is 18.2 Å². The molecule has 0 amide bonds. The number of guanidine groups is 2. The second-order valence-corrected chi connectivity index (χ2v) is 6.95. The van der Waals surface area contributed by atoms with Crippen molar-refractivity contribution >= 4 is 47.7 Å². The molecule has 0 aliphatic heterocycles. The first-order valence-corrected chi connectivity index (χ1v) is 10.8. The zero-order chi connectivity index (χ0) is 34.6. The van der Waals surface area contributed by atoms with Crippen LogP contribution in [-0.2, 0) is 26.2 Å². The standard InChI is InChI=1S/3C7H5NO4.2CH5N3.4H2O.Zr/c3*9-6(10)4-2-1-3-5(8-4)7(11)12;2*2-1(3)4;;;;;/h3*1-3H,(H,9,10)(H,11,12);2*(H5,2,3,4);4*1H2;/q;;;;;;;;;+4/p-4. The van der Waals surface area contributed by atoms with Gasteiger partial charge >= 0.3 is 38.1 Å². The van der Waals surface area contributed by atoms with Gasteiger partial charge in [-0.3, -0.25) is 33.8 Å². The van der Waals surface area contributed by atoms with E-state index < -0.39 is 70.0 Å². The van der Waals surface area contributed by atoms with Gasteiger partial charge in [-0.15, -0.1) is 0 Å². The minimum Gasteiger partial charge on any atom is -0.543 e. The van der Waals surface area contributed by atoms with Crippen LogP contribution in [0.1, 0.15) is 62.9 Å². The molecule has 0 aromatic carbocycles. The van der Waals surface area contributed by atoms with E-state index in [4.69, 9.17) is 0 Å². The Kier molecular flexibility index (Phi) is 35.8. The van der Waals surface area contributed by atoms with Gasteiger partial charge in [0, 0.05) is 0 Å². The molecule has 0 bridgehead atoms. The molecule has 0 unspecified atom stereocenters. The van der Waals surface area contributed by atoms with Crippen LogP contribution >= 0.6 is 0 Å². The van der Waals surface area contributed by atoms with Crippen molar-refractivity contribution in [3.05, 3.63) is 88.8 Å². The average Bonchev–Trinajstić information content (AvgIpc) is 2.93. The van der Waals surface area contributed by atoms with E-state index in [9.17, 15) is 59.4 Å². The van der Waals surface area contributed by atoms with Crippen molar-refractivity contribution in [3.63, 3.8) is 0 Å². The number of carboxylic acid groups (broad SMARTS) is 6. The van der Waals surface area contributed by atoms with Gasteiger partial charge in [0.25, 0.3) is 0 Å². The molecule has 0 saturated carbocycles. The Hall–Kier alpha value is -6.47. The van der Waals surface area contributed by atoms with Crippen molar-refractivity contribution < 1.29 is 118 Å². The van der Waals surface area contributed by atoms with Gasteiger partial charge < -0.3 is 81.3 Å². The third kappa shape index (κ3) is 28.7. The Balaban J connectivity index is -0.0000000929. The molecule has 0 fully saturated rings. The molecule has 0 aliphatic rings. The summed E-state index contributed by atoms with van der Waals surface area (Å²) in [4.78, 5) is 70.9. The van der Waals surface area contributed by atoms with Gasteiger partial charge in [0.2, 0.25) is 0 Å². The van der Waals surface area contributed by atoms with E-state index >= 15 is 0 Å². The SMILES string of the molecule is NC(N)=[NH2+].NC(N)=[NH2+].O.O.O.O.O=C([O-])c1cccc(C(=O)[O-])n1.O=C([O-])c1cccc(C(=O)[O-])n1.O=C([O-])c1cccc(C(=O)[O-])n1.[Zr+4]. The van der Waals surface area contributed by atoms with Gasteiger partial charge in [0.05, 0.1) is 70.0 Å². The van der Waals surface area contributed by atoms with Crippen molar-refractivity contribution in [1.29, 1.82) is 0 Å². The number of pyridine rings is 3. The predicted molar refractivity (Wildman–Crippen MR) is 144 cm³/mol. The van der Waals surface area contributed by atoms with E-state index in [1.807, 2.05) is 0 Å². The fourth-order valence-corrected chi connectivity index (χ4v) is 1.99. The second kappa shape index (κ2) is 30.2. The number of aromatic nitrogens is 3. The fraction of sp³-hybridized carbons (Fsp3) is 0. The maximum atomic E-state index is 10.2. The molecule has 25 nitrogen and oxygen atoms in total. The van der Waals surface area contributed by atoms with Gasteiger partial charge in [0.15, 0.2) is 0 Å². The maximum Gasteiger partial charge on any atom is 4.00 e. The van der Waals surface area contributed by atoms with Gasteiger partial charge in [-0.05, 0) is 36.4 Å². The first-order chi connectivity index (χ1) is 20.3. The fourth-order valence-electron chi connectivity index (χ4n) is 1.99. The predicted octanol–water partition coefficient (Wildman–Crippen LogP) is -15.8. The summed E-state index contributed by atoms with van der Waals surface area (Å²) in [6.45, 7) is 0. The number of nitrogens with two attached hydrogens (primary N) is 6. The number of rotatable bonds is 6. The quantitative estimate of drug-likeness (QED) is 0.0999. The Morgan fingerprint density at radius 2 is 0.510 bits per heavy atom. The van der Waals surface area contributed by atoms with E-state index in [-0.39, 0.29) is 60.0 Å². The molecular formula is C23H29N9O16Zr. The van der Waals surface area contributed by atoms with Crippen LogP contribution in [0.15, 0.2) is 54.6 Å².